The first kappa shape index (κ1) is 16.1. The van der Waals surface area contributed by atoms with Crippen LogP contribution in [0, 0.1) is 11.8 Å². The number of carbonyl (C=O) groups is 1. The first-order valence-corrected chi connectivity index (χ1v) is 8.32. The third kappa shape index (κ3) is 3.30. The van der Waals surface area contributed by atoms with E-state index in [0.717, 1.165) is 32.5 Å². The van der Waals surface area contributed by atoms with Gasteiger partial charge in [-0.1, -0.05) is 11.3 Å². The molecule has 3 fully saturated rings. The lowest BCUT2D eigenvalue weighted by molar-refractivity contribution is -0.945. The van der Waals surface area contributed by atoms with E-state index < -0.39 is 0 Å². The van der Waals surface area contributed by atoms with Gasteiger partial charge in [-0.15, -0.1) is 11.7 Å². The number of hydrogen-bond acceptors (Lipinski definition) is 4. The summed E-state index contributed by atoms with van der Waals surface area (Å²) in [6, 6.07) is 0.482. The lowest BCUT2D eigenvalue weighted by Gasteiger charge is -2.46. The van der Waals surface area contributed by atoms with Crippen molar-refractivity contribution in [2.45, 2.75) is 32.0 Å². The highest BCUT2D eigenvalue weighted by atomic mass is 16.3. The zero-order chi connectivity index (χ0) is 16.4. The van der Waals surface area contributed by atoms with Crippen LogP contribution in [-0.4, -0.2) is 63.6 Å². The molecule has 1 aromatic heterocycles. The smallest absolute Gasteiger partial charge is 0.231 e. The molecule has 3 saturated heterocycles. The SMILES string of the molecule is C=CCN(C)C(=O)[C@H]1C[NH+]2CC[C@H]1C[C@@H]2Cn1cc(CO)nn1. The monoisotopic (exact) mass is 320 g/mol. The molecule has 0 aromatic carbocycles. The van der Waals surface area contributed by atoms with Crippen molar-refractivity contribution in [1.82, 2.24) is 19.9 Å². The number of rotatable bonds is 6. The van der Waals surface area contributed by atoms with Crippen LogP contribution in [0.4, 0.5) is 0 Å². The van der Waals surface area contributed by atoms with Gasteiger partial charge in [-0.2, -0.15) is 0 Å². The van der Waals surface area contributed by atoms with E-state index in [1.165, 1.54) is 4.90 Å². The highest BCUT2D eigenvalue weighted by molar-refractivity contribution is 5.79. The summed E-state index contributed by atoms with van der Waals surface area (Å²) in [6.45, 7) is 7.11. The Balaban J connectivity index is 1.62. The van der Waals surface area contributed by atoms with Gasteiger partial charge in [0.25, 0.3) is 0 Å². The van der Waals surface area contributed by atoms with E-state index in [1.54, 1.807) is 11.0 Å². The van der Waals surface area contributed by atoms with Crippen molar-refractivity contribution >= 4 is 5.91 Å². The van der Waals surface area contributed by atoms with E-state index in [2.05, 4.69) is 16.9 Å². The zero-order valence-corrected chi connectivity index (χ0v) is 13.7. The molecular formula is C16H26N5O2+. The van der Waals surface area contributed by atoms with E-state index >= 15 is 0 Å². The molecule has 7 nitrogen and oxygen atoms in total. The maximum atomic E-state index is 12.6. The van der Waals surface area contributed by atoms with Crippen molar-refractivity contribution < 1.29 is 14.8 Å². The first-order chi connectivity index (χ1) is 11.1. The summed E-state index contributed by atoms with van der Waals surface area (Å²) in [6.07, 6.45) is 5.77. The number of carbonyl (C=O) groups excluding carboxylic acids is 1. The van der Waals surface area contributed by atoms with E-state index in [0.29, 0.717) is 24.2 Å². The number of nitrogens with zero attached hydrogens (tertiary/aromatic N) is 4. The molecule has 4 heterocycles. The van der Waals surface area contributed by atoms with Gasteiger partial charge in [-0.3, -0.25) is 4.79 Å². The number of fused-ring (bicyclic) bond motifs is 3. The van der Waals surface area contributed by atoms with Gasteiger partial charge in [0.05, 0.1) is 38.4 Å². The molecule has 0 aliphatic carbocycles. The molecule has 1 aromatic rings. The molecule has 23 heavy (non-hydrogen) atoms. The first-order valence-electron chi connectivity index (χ1n) is 8.32. The van der Waals surface area contributed by atoms with Crippen LogP contribution in [0.2, 0.25) is 0 Å². The van der Waals surface area contributed by atoms with Gasteiger partial charge in [0.1, 0.15) is 11.7 Å². The van der Waals surface area contributed by atoms with Crippen LogP contribution < -0.4 is 4.90 Å². The van der Waals surface area contributed by atoms with Gasteiger partial charge in [-0.25, -0.2) is 4.68 Å². The van der Waals surface area contributed by atoms with Gasteiger partial charge in [0.2, 0.25) is 5.91 Å². The largest absolute Gasteiger partial charge is 0.390 e. The number of aliphatic hydroxyl groups excluding tert-OH is 1. The molecule has 1 unspecified atom stereocenters. The number of quaternary nitrogens is 1. The Bertz CT molecular complexity index is 573. The van der Waals surface area contributed by atoms with Crippen molar-refractivity contribution in [2.24, 2.45) is 11.8 Å². The highest BCUT2D eigenvalue weighted by Gasteiger charge is 2.47. The number of likely N-dealkylation sites (N-methyl/N-ethyl adjacent to an activating group) is 1. The number of amides is 1. The Morgan fingerprint density at radius 2 is 2.48 bits per heavy atom. The number of hydrogen-bond donors (Lipinski definition) is 2. The number of nitrogens with one attached hydrogen (secondary N) is 1. The molecule has 2 N–H and O–H groups in total. The summed E-state index contributed by atoms with van der Waals surface area (Å²) in [5, 5.41) is 17.1. The summed E-state index contributed by atoms with van der Waals surface area (Å²) in [7, 11) is 1.86. The molecule has 2 bridgehead atoms. The van der Waals surface area contributed by atoms with Gasteiger partial charge >= 0.3 is 0 Å². The quantitative estimate of drug-likeness (QED) is 0.640. The minimum Gasteiger partial charge on any atom is -0.390 e. The van der Waals surface area contributed by atoms with Crippen molar-refractivity contribution in [3.8, 4) is 0 Å². The van der Waals surface area contributed by atoms with E-state index in [4.69, 9.17) is 5.11 Å². The number of piperidine rings is 3. The summed E-state index contributed by atoms with van der Waals surface area (Å²) >= 11 is 0. The molecular weight excluding hydrogens is 294 g/mol. The molecule has 0 radical (unpaired) electrons. The lowest BCUT2D eigenvalue weighted by Crippen LogP contribution is -3.20. The van der Waals surface area contributed by atoms with E-state index in [9.17, 15) is 4.79 Å². The van der Waals surface area contributed by atoms with Crippen LogP contribution in [0.15, 0.2) is 18.9 Å². The van der Waals surface area contributed by atoms with Gasteiger partial charge in [0, 0.05) is 26.4 Å². The normalized spacial score (nSPS) is 29.5. The maximum Gasteiger partial charge on any atom is 0.231 e. The fraction of sp³-hybridized carbons (Fsp3) is 0.688. The fourth-order valence-electron chi connectivity index (χ4n) is 4.09. The molecule has 0 saturated carbocycles. The van der Waals surface area contributed by atoms with Crippen LogP contribution in [0.3, 0.4) is 0 Å². The minimum atomic E-state index is -0.0733. The van der Waals surface area contributed by atoms with Crippen LogP contribution in [0.1, 0.15) is 18.5 Å². The Morgan fingerprint density at radius 1 is 1.65 bits per heavy atom. The second-order valence-corrected chi connectivity index (χ2v) is 6.80. The molecule has 3 aliphatic rings. The summed E-state index contributed by atoms with van der Waals surface area (Å²) in [5.41, 5.74) is 0.607. The molecule has 126 valence electrons. The predicted molar refractivity (Wildman–Crippen MR) is 84.5 cm³/mol. The van der Waals surface area contributed by atoms with Crippen LogP contribution in [0.5, 0.6) is 0 Å². The second kappa shape index (κ2) is 6.80. The van der Waals surface area contributed by atoms with Gasteiger partial charge < -0.3 is 14.9 Å². The van der Waals surface area contributed by atoms with Crippen LogP contribution in [0.25, 0.3) is 0 Å². The number of aromatic nitrogens is 3. The molecule has 7 heteroatoms. The van der Waals surface area contributed by atoms with E-state index in [1.807, 2.05) is 17.9 Å². The molecule has 4 rings (SSSR count). The summed E-state index contributed by atoms with van der Waals surface area (Å²) in [5.74, 6) is 0.871. The molecule has 4 atom stereocenters. The third-order valence-corrected chi connectivity index (χ3v) is 5.30. The van der Waals surface area contributed by atoms with Crippen molar-refractivity contribution in [1.29, 1.82) is 0 Å². The Morgan fingerprint density at radius 3 is 3.09 bits per heavy atom. The minimum absolute atomic E-state index is 0.0733. The summed E-state index contributed by atoms with van der Waals surface area (Å²) in [4.78, 5) is 15.9. The van der Waals surface area contributed by atoms with Gasteiger partial charge in [0.15, 0.2) is 0 Å². The fourth-order valence-corrected chi connectivity index (χ4v) is 4.09. The average Bonchev–Trinajstić information content (AvgIpc) is 3.02. The maximum absolute atomic E-state index is 12.6. The van der Waals surface area contributed by atoms with Gasteiger partial charge in [-0.05, 0) is 5.92 Å². The van der Waals surface area contributed by atoms with Crippen LogP contribution in [-0.2, 0) is 17.9 Å². The molecule has 1 amide bonds. The van der Waals surface area contributed by atoms with Crippen molar-refractivity contribution in [2.75, 3.05) is 26.7 Å². The standard InChI is InChI=1S/C16H25N5O2/c1-3-5-19(2)16(23)15-10-20-6-4-12(15)7-14(20)9-21-8-13(11-22)17-18-21/h3,8,12,14-15,22H,1,4-7,9-11H2,2H3/p+1/t12-,14+,15-/m0/s1. The second-order valence-electron chi connectivity index (χ2n) is 6.80. The van der Waals surface area contributed by atoms with Crippen molar-refractivity contribution in [3.63, 3.8) is 0 Å². The molecule has 3 aliphatic heterocycles. The highest BCUT2D eigenvalue weighted by Crippen LogP contribution is 2.28. The van der Waals surface area contributed by atoms with Crippen LogP contribution >= 0.6 is 0 Å². The van der Waals surface area contributed by atoms with E-state index in [-0.39, 0.29) is 18.4 Å². The van der Waals surface area contributed by atoms with Crippen molar-refractivity contribution in [3.05, 3.63) is 24.5 Å². The average molecular weight is 320 g/mol. The number of aliphatic hydroxyl groups is 1. The lowest BCUT2D eigenvalue weighted by atomic mass is 9.75. The Kier molecular flexibility index (Phi) is 4.77. The zero-order valence-electron chi connectivity index (χ0n) is 13.7. The Hall–Kier alpha value is -1.73. The third-order valence-electron chi connectivity index (χ3n) is 5.30. The molecule has 0 spiro atoms. The summed E-state index contributed by atoms with van der Waals surface area (Å²) < 4.78 is 1.82. The Labute approximate surface area is 136 Å². The topological polar surface area (TPSA) is 75.7 Å². The predicted octanol–water partition coefficient (Wildman–Crippen LogP) is -1.29.